The van der Waals surface area contributed by atoms with Gasteiger partial charge >= 0.3 is 0 Å². The van der Waals surface area contributed by atoms with Crippen molar-refractivity contribution in [3.8, 4) is 0 Å². The second-order valence-electron chi connectivity index (χ2n) is 4.90. The van der Waals surface area contributed by atoms with Crippen molar-refractivity contribution in [3.05, 3.63) is 47.2 Å². The Morgan fingerprint density at radius 3 is 2.77 bits per heavy atom. The molecule has 0 spiro atoms. The van der Waals surface area contributed by atoms with E-state index in [-0.39, 0.29) is 12.2 Å². The van der Waals surface area contributed by atoms with Crippen LogP contribution in [0.25, 0.3) is 0 Å². The van der Waals surface area contributed by atoms with Crippen molar-refractivity contribution in [2.75, 3.05) is 17.3 Å². The molecule has 0 atom stereocenters. The van der Waals surface area contributed by atoms with Crippen molar-refractivity contribution in [2.24, 2.45) is 0 Å². The second-order valence-corrected chi connectivity index (χ2v) is 7.57. The number of rotatable bonds is 6. The molecule has 0 radical (unpaired) electrons. The minimum atomic E-state index is -3.17. The van der Waals surface area contributed by atoms with Gasteiger partial charge in [-0.2, -0.15) is 0 Å². The molecule has 8 heteroatoms. The van der Waals surface area contributed by atoms with E-state index in [4.69, 9.17) is 11.6 Å². The van der Waals surface area contributed by atoms with Gasteiger partial charge in [0.2, 0.25) is 11.9 Å². The van der Waals surface area contributed by atoms with E-state index in [0.29, 0.717) is 17.5 Å². The summed E-state index contributed by atoms with van der Waals surface area (Å²) in [6, 6.07) is 7.39. The molecule has 1 amide bonds. The molecule has 0 unspecified atom stereocenters. The molecule has 2 rings (SSSR count). The summed E-state index contributed by atoms with van der Waals surface area (Å²) in [4.78, 5) is 15.8. The monoisotopic (exact) mass is 341 g/mol. The van der Waals surface area contributed by atoms with Gasteiger partial charge in [0, 0.05) is 30.1 Å². The van der Waals surface area contributed by atoms with Gasteiger partial charge in [-0.05, 0) is 11.6 Å². The maximum atomic E-state index is 11.8. The van der Waals surface area contributed by atoms with Crippen molar-refractivity contribution in [1.29, 1.82) is 0 Å². The summed E-state index contributed by atoms with van der Waals surface area (Å²) >= 11 is 6.11. The van der Waals surface area contributed by atoms with Crippen molar-refractivity contribution in [3.63, 3.8) is 0 Å². The first-order valence-electron chi connectivity index (χ1n) is 6.57. The quantitative estimate of drug-likeness (QED) is 0.870. The Balaban J connectivity index is 2.04. The standard InChI is InChI=1S/C14H16ClN3O3S/c1-22(20,21)9-6-13(19)17-14-16-7-8-18(14)10-11-4-2-3-5-12(11)15/h2-5,7-8H,6,9-10H2,1H3,(H,16,17,19). The van der Waals surface area contributed by atoms with E-state index in [1.54, 1.807) is 23.0 Å². The number of carbonyl (C=O) groups excluding carboxylic acids is 1. The fraction of sp³-hybridized carbons (Fsp3) is 0.286. The molecule has 1 N–H and O–H groups in total. The van der Waals surface area contributed by atoms with E-state index < -0.39 is 15.7 Å². The Labute approximate surface area is 134 Å². The maximum Gasteiger partial charge on any atom is 0.227 e. The number of hydrogen-bond acceptors (Lipinski definition) is 4. The molecule has 6 nitrogen and oxygen atoms in total. The van der Waals surface area contributed by atoms with Crippen LogP contribution in [0, 0.1) is 0 Å². The topological polar surface area (TPSA) is 81.1 Å². The molecular weight excluding hydrogens is 326 g/mol. The SMILES string of the molecule is CS(=O)(=O)CCC(=O)Nc1nccn1Cc1ccccc1Cl. The van der Waals surface area contributed by atoms with Gasteiger partial charge in [-0.15, -0.1) is 0 Å². The molecular formula is C14H16ClN3O3S. The largest absolute Gasteiger partial charge is 0.313 e. The summed E-state index contributed by atoms with van der Waals surface area (Å²) in [7, 11) is -3.17. The molecule has 0 aliphatic heterocycles. The summed E-state index contributed by atoms with van der Waals surface area (Å²) < 4.78 is 23.9. The third-order valence-electron chi connectivity index (χ3n) is 2.97. The molecule has 118 valence electrons. The molecule has 1 aromatic carbocycles. The van der Waals surface area contributed by atoms with Crippen LogP contribution in [0.15, 0.2) is 36.7 Å². The first-order valence-corrected chi connectivity index (χ1v) is 9.01. The van der Waals surface area contributed by atoms with Gasteiger partial charge in [-0.25, -0.2) is 13.4 Å². The first-order chi connectivity index (χ1) is 10.3. The Kier molecular flexibility index (Phi) is 5.20. The van der Waals surface area contributed by atoms with Gasteiger partial charge in [0.05, 0.1) is 12.3 Å². The smallest absolute Gasteiger partial charge is 0.227 e. The molecule has 1 heterocycles. The lowest BCUT2D eigenvalue weighted by Gasteiger charge is -2.10. The van der Waals surface area contributed by atoms with Gasteiger partial charge < -0.3 is 4.57 Å². The fourth-order valence-electron chi connectivity index (χ4n) is 1.84. The summed E-state index contributed by atoms with van der Waals surface area (Å²) in [5.74, 6) is -0.222. The molecule has 0 bridgehead atoms. The van der Waals surface area contributed by atoms with Gasteiger partial charge in [0.25, 0.3) is 0 Å². The Bertz CT molecular complexity index is 771. The zero-order chi connectivity index (χ0) is 16.2. The third-order valence-corrected chi connectivity index (χ3v) is 4.28. The molecule has 22 heavy (non-hydrogen) atoms. The number of imidazole rings is 1. The lowest BCUT2D eigenvalue weighted by Crippen LogP contribution is -2.19. The lowest BCUT2D eigenvalue weighted by atomic mass is 10.2. The number of hydrogen-bond donors (Lipinski definition) is 1. The summed E-state index contributed by atoms with van der Waals surface area (Å²) in [5, 5.41) is 3.24. The summed E-state index contributed by atoms with van der Waals surface area (Å²) in [6.45, 7) is 0.460. The number of sulfone groups is 1. The highest BCUT2D eigenvalue weighted by Crippen LogP contribution is 2.18. The number of halogens is 1. The van der Waals surface area contributed by atoms with E-state index in [9.17, 15) is 13.2 Å². The number of carbonyl (C=O) groups is 1. The normalized spacial score (nSPS) is 11.4. The highest BCUT2D eigenvalue weighted by molar-refractivity contribution is 7.90. The van der Waals surface area contributed by atoms with E-state index in [0.717, 1.165) is 11.8 Å². The Hall–Kier alpha value is -1.86. The van der Waals surface area contributed by atoms with Gasteiger partial charge in [-0.1, -0.05) is 29.8 Å². The fourth-order valence-corrected chi connectivity index (χ4v) is 2.59. The number of aromatic nitrogens is 2. The maximum absolute atomic E-state index is 11.8. The van der Waals surface area contributed by atoms with Crippen LogP contribution in [0.5, 0.6) is 0 Å². The first kappa shape index (κ1) is 16.5. The molecule has 0 fully saturated rings. The highest BCUT2D eigenvalue weighted by atomic mass is 35.5. The number of benzene rings is 1. The number of anilines is 1. The minimum absolute atomic E-state index is 0.0994. The summed E-state index contributed by atoms with van der Waals surface area (Å²) in [5.41, 5.74) is 0.897. The van der Waals surface area contributed by atoms with Crippen molar-refractivity contribution in [2.45, 2.75) is 13.0 Å². The zero-order valence-electron chi connectivity index (χ0n) is 12.0. The Morgan fingerprint density at radius 2 is 2.09 bits per heavy atom. The van der Waals surface area contributed by atoms with Gasteiger partial charge in [0.15, 0.2) is 0 Å². The van der Waals surface area contributed by atoms with E-state index in [2.05, 4.69) is 10.3 Å². The predicted octanol–water partition coefficient (Wildman–Crippen LogP) is 1.96. The van der Waals surface area contributed by atoms with Crippen LogP contribution in [0.3, 0.4) is 0 Å². The summed E-state index contributed by atoms with van der Waals surface area (Å²) in [6.07, 6.45) is 4.27. The van der Waals surface area contributed by atoms with Gasteiger partial charge in [-0.3, -0.25) is 10.1 Å². The van der Waals surface area contributed by atoms with Crippen molar-refractivity contribution >= 4 is 33.3 Å². The van der Waals surface area contributed by atoms with Crippen molar-refractivity contribution < 1.29 is 13.2 Å². The number of amides is 1. The van der Waals surface area contributed by atoms with Gasteiger partial charge in [0.1, 0.15) is 9.84 Å². The highest BCUT2D eigenvalue weighted by Gasteiger charge is 2.12. The molecule has 0 saturated heterocycles. The van der Waals surface area contributed by atoms with Crippen LogP contribution >= 0.6 is 11.6 Å². The lowest BCUT2D eigenvalue weighted by molar-refractivity contribution is -0.115. The average molecular weight is 342 g/mol. The van der Waals surface area contributed by atoms with Crippen LogP contribution in [0.4, 0.5) is 5.95 Å². The molecule has 0 aliphatic rings. The molecule has 0 aliphatic carbocycles. The molecule has 2 aromatic rings. The number of nitrogens with one attached hydrogen (secondary N) is 1. The van der Waals surface area contributed by atoms with Crippen LogP contribution in [0.1, 0.15) is 12.0 Å². The van der Waals surface area contributed by atoms with Crippen molar-refractivity contribution in [1.82, 2.24) is 9.55 Å². The second kappa shape index (κ2) is 6.93. The average Bonchev–Trinajstić information content (AvgIpc) is 2.86. The third kappa shape index (κ3) is 4.85. The molecule has 1 aromatic heterocycles. The van der Waals surface area contributed by atoms with Crippen LogP contribution < -0.4 is 5.32 Å². The van der Waals surface area contributed by atoms with Crippen LogP contribution in [-0.4, -0.2) is 35.9 Å². The van der Waals surface area contributed by atoms with E-state index in [1.165, 1.54) is 0 Å². The number of nitrogens with zero attached hydrogens (tertiary/aromatic N) is 2. The Morgan fingerprint density at radius 1 is 1.36 bits per heavy atom. The predicted molar refractivity (Wildman–Crippen MR) is 85.7 cm³/mol. The van der Waals surface area contributed by atoms with Crippen LogP contribution in [0.2, 0.25) is 5.02 Å². The molecule has 0 saturated carbocycles. The van der Waals surface area contributed by atoms with E-state index in [1.807, 2.05) is 18.2 Å². The minimum Gasteiger partial charge on any atom is -0.313 e. The van der Waals surface area contributed by atoms with E-state index >= 15 is 0 Å². The van der Waals surface area contributed by atoms with Crippen LogP contribution in [-0.2, 0) is 21.2 Å². The zero-order valence-corrected chi connectivity index (χ0v) is 13.6.